The van der Waals surface area contributed by atoms with Gasteiger partial charge < -0.3 is 4.90 Å². The van der Waals surface area contributed by atoms with E-state index >= 15 is 0 Å². The Balaban J connectivity index is 2.19. The summed E-state index contributed by atoms with van der Waals surface area (Å²) in [5.41, 5.74) is 0. The van der Waals surface area contributed by atoms with Crippen LogP contribution in [0.1, 0.15) is 26.2 Å². The minimum absolute atomic E-state index is 0.384. The van der Waals surface area contributed by atoms with Crippen LogP contribution in [0.2, 0.25) is 0 Å². The summed E-state index contributed by atoms with van der Waals surface area (Å²) in [6, 6.07) is 0.604. The van der Waals surface area contributed by atoms with Crippen molar-refractivity contribution in [2.45, 2.75) is 32.2 Å². The molecule has 2 atom stereocenters. The Hall–Kier alpha value is -0.530. The molecule has 2 rings (SSSR count). The van der Waals surface area contributed by atoms with Crippen LogP contribution in [0.15, 0.2) is 0 Å². The van der Waals surface area contributed by atoms with E-state index in [2.05, 4.69) is 11.8 Å². The zero-order chi connectivity index (χ0) is 7.14. The maximum atomic E-state index is 11.2. The molecule has 2 aliphatic rings. The third-order valence-electron chi connectivity index (χ3n) is 2.77. The largest absolute Gasteiger partial charge is 0.339 e. The van der Waals surface area contributed by atoms with Gasteiger partial charge in [-0.2, -0.15) is 0 Å². The van der Waals surface area contributed by atoms with Crippen LogP contribution in [0.4, 0.5) is 0 Å². The summed E-state index contributed by atoms with van der Waals surface area (Å²) in [5, 5.41) is 0. The van der Waals surface area contributed by atoms with E-state index in [0.29, 0.717) is 17.9 Å². The van der Waals surface area contributed by atoms with E-state index in [-0.39, 0.29) is 0 Å². The van der Waals surface area contributed by atoms with Gasteiger partial charge >= 0.3 is 0 Å². The summed E-state index contributed by atoms with van der Waals surface area (Å²) in [4.78, 5) is 13.3. The number of amides is 1. The molecule has 2 heteroatoms. The van der Waals surface area contributed by atoms with Crippen molar-refractivity contribution in [3.8, 4) is 0 Å². The molecule has 2 unspecified atom stereocenters. The van der Waals surface area contributed by atoms with Crippen molar-refractivity contribution in [1.29, 1.82) is 0 Å². The highest BCUT2D eigenvalue weighted by atomic mass is 16.2. The second-order valence-electron chi connectivity index (χ2n) is 3.48. The first-order chi connectivity index (χ1) is 4.79. The van der Waals surface area contributed by atoms with E-state index in [1.54, 1.807) is 0 Å². The van der Waals surface area contributed by atoms with Crippen LogP contribution in [-0.2, 0) is 4.79 Å². The summed E-state index contributed by atoms with van der Waals surface area (Å²) in [6.07, 6.45) is 3.26. The van der Waals surface area contributed by atoms with Gasteiger partial charge in [0.1, 0.15) is 0 Å². The highest BCUT2D eigenvalue weighted by Gasteiger charge is 2.39. The zero-order valence-electron chi connectivity index (χ0n) is 6.34. The molecule has 0 aromatic heterocycles. The molecule has 0 aromatic rings. The fourth-order valence-corrected chi connectivity index (χ4v) is 2.22. The van der Waals surface area contributed by atoms with Gasteiger partial charge in [-0.15, -0.1) is 0 Å². The second-order valence-corrected chi connectivity index (χ2v) is 3.48. The summed E-state index contributed by atoms with van der Waals surface area (Å²) < 4.78 is 0. The average Bonchev–Trinajstić information content (AvgIpc) is 2.39. The van der Waals surface area contributed by atoms with Crippen LogP contribution in [-0.4, -0.2) is 23.4 Å². The fraction of sp³-hybridized carbons (Fsp3) is 0.875. The molecule has 0 N–H and O–H groups in total. The molecule has 2 saturated heterocycles. The summed E-state index contributed by atoms with van der Waals surface area (Å²) in [6.45, 7) is 3.21. The fourth-order valence-electron chi connectivity index (χ4n) is 2.22. The van der Waals surface area contributed by atoms with E-state index in [0.717, 1.165) is 13.0 Å². The van der Waals surface area contributed by atoms with Gasteiger partial charge in [0.25, 0.3) is 0 Å². The van der Waals surface area contributed by atoms with Crippen molar-refractivity contribution in [3.63, 3.8) is 0 Å². The number of nitrogens with zero attached hydrogens (tertiary/aromatic N) is 1. The molecule has 1 amide bonds. The first-order valence-corrected chi connectivity index (χ1v) is 4.08. The van der Waals surface area contributed by atoms with Crippen molar-refractivity contribution >= 4 is 5.91 Å². The van der Waals surface area contributed by atoms with Gasteiger partial charge in [0.15, 0.2) is 0 Å². The molecule has 0 saturated carbocycles. The minimum Gasteiger partial charge on any atom is -0.339 e. The summed E-state index contributed by atoms with van der Waals surface area (Å²) in [5.74, 6) is 1.00. The molecule has 10 heavy (non-hydrogen) atoms. The van der Waals surface area contributed by atoms with Gasteiger partial charge in [0, 0.05) is 19.0 Å². The van der Waals surface area contributed by atoms with E-state index in [4.69, 9.17) is 0 Å². The van der Waals surface area contributed by atoms with Gasteiger partial charge in [-0.25, -0.2) is 0 Å². The van der Waals surface area contributed by atoms with Gasteiger partial charge in [0.05, 0.1) is 0 Å². The van der Waals surface area contributed by atoms with Crippen LogP contribution in [0.25, 0.3) is 0 Å². The van der Waals surface area contributed by atoms with Gasteiger partial charge in [-0.3, -0.25) is 4.79 Å². The molecular formula is C8H13NO. The molecule has 2 heterocycles. The van der Waals surface area contributed by atoms with E-state index in [1.165, 1.54) is 12.8 Å². The Labute approximate surface area is 61.2 Å². The number of carbonyl (C=O) groups is 1. The minimum atomic E-state index is 0.384. The van der Waals surface area contributed by atoms with Crippen molar-refractivity contribution in [2.24, 2.45) is 5.92 Å². The normalized spacial score (nSPS) is 38.9. The van der Waals surface area contributed by atoms with Crippen LogP contribution in [0.3, 0.4) is 0 Å². The average molecular weight is 139 g/mol. The Kier molecular flexibility index (Phi) is 1.22. The van der Waals surface area contributed by atoms with E-state index < -0.39 is 0 Å². The van der Waals surface area contributed by atoms with E-state index in [9.17, 15) is 4.79 Å². The maximum absolute atomic E-state index is 11.2. The smallest absolute Gasteiger partial charge is 0.223 e. The van der Waals surface area contributed by atoms with Gasteiger partial charge in [-0.1, -0.05) is 6.92 Å². The van der Waals surface area contributed by atoms with Crippen molar-refractivity contribution < 1.29 is 4.79 Å². The molecule has 2 aliphatic heterocycles. The molecule has 56 valence electrons. The predicted molar refractivity (Wildman–Crippen MR) is 38.5 cm³/mol. The highest BCUT2D eigenvalue weighted by molar-refractivity contribution is 5.79. The first-order valence-electron chi connectivity index (χ1n) is 4.08. The topological polar surface area (TPSA) is 20.3 Å². The van der Waals surface area contributed by atoms with Crippen molar-refractivity contribution in [3.05, 3.63) is 0 Å². The molecule has 0 aromatic carbocycles. The molecule has 0 spiro atoms. The van der Waals surface area contributed by atoms with Gasteiger partial charge in [0.2, 0.25) is 5.91 Å². The number of rotatable bonds is 0. The lowest BCUT2D eigenvalue weighted by Crippen LogP contribution is -2.28. The van der Waals surface area contributed by atoms with Crippen molar-refractivity contribution in [2.75, 3.05) is 6.54 Å². The first kappa shape index (κ1) is 6.20. The molecule has 0 bridgehead atoms. The number of hydrogen-bond acceptors (Lipinski definition) is 1. The lowest BCUT2D eigenvalue weighted by molar-refractivity contribution is -0.127. The summed E-state index contributed by atoms with van der Waals surface area (Å²) >= 11 is 0. The van der Waals surface area contributed by atoms with Crippen LogP contribution in [0.5, 0.6) is 0 Å². The quantitative estimate of drug-likeness (QED) is 0.490. The number of carbonyl (C=O) groups excluding carboxylic acids is 1. The second kappa shape index (κ2) is 1.97. The predicted octanol–water partition coefficient (Wildman–Crippen LogP) is 1.02. The Morgan fingerprint density at radius 3 is 3.10 bits per heavy atom. The highest BCUT2D eigenvalue weighted by Crippen LogP contribution is 2.32. The Morgan fingerprint density at radius 2 is 2.40 bits per heavy atom. The number of fused-ring (bicyclic) bond motifs is 1. The molecule has 0 radical (unpaired) electrons. The lowest BCUT2D eigenvalue weighted by Gasteiger charge is -2.16. The van der Waals surface area contributed by atoms with Crippen molar-refractivity contribution in [1.82, 2.24) is 4.90 Å². The Bertz CT molecular complexity index is 167. The molecular weight excluding hydrogens is 126 g/mol. The lowest BCUT2D eigenvalue weighted by atomic mass is 10.0. The summed E-state index contributed by atoms with van der Waals surface area (Å²) in [7, 11) is 0. The molecule has 2 fully saturated rings. The standard InChI is InChI=1S/C8H13NO/c1-6-5-8(10)9-4-2-3-7(6)9/h6-7H,2-5H2,1H3. The molecule has 2 nitrogen and oxygen atoms in total. The maximum Gasteiger partial charge on any atom is 0.223 e. The van der Waals surface area contributed by atoms with Gasteiger partial charge in [-0.05, 0) is 18.8 Å². The number of hydrogen-bond donors (Lipinski definition) is 0. The zero-order valence-corrected chi connectivity index (χ0v) is 6.34. The SMILES string of the molecule is CC1CC(=O)N2CCCC12. The van der Waals surface area contributed by atoms with Crippen LogP contribution in [0, 0.1) is 5.92 Å². The third-order valence-corrected chi connectivity index (χ3v) is 2.77. The van der Waals surface area contributed by atoms with E-state index in [1.807, 2.05) is 0 Å². The molecule has 0 aliphatic carbocycles. The monoisotopic (exact) mass is 139 g/mol. The Morgan fingerprint density at radius 1 is 1.60 bits per heavy atom. The van der Waals surface area contributed by atoms with Crippen LogP contribution < -0.4 is 0 Å². The third kappa shape index (κ3) is 0.678. The van der Waals surface area contributed by atoms with Crippen LogP contribution >= 0.6 is 0 Å².